The lowest BCUT2D eigenvalue weighted by Gasteiger charge is -2.14. The molecule has 0 bridgehead atoms. The molecule has 1 heterocycles. The van der Waals surface area contributed by atoms with Gasteiger partial charge < -0.3 is 4.74 Å². The summed E-state index contributed by atoms with van der Waals surface area (Å²) in [6.07, 6.45) is -5.47. The van der Waals surface area contributed by atoms with Crippen molar-refractivity contribution in [2.24, 2.45) is 0 Å². The van der Waals surface area contributed by atoms with Crippen LogP contribution in [0.15, 0.2) is 65.5 Å². The highest BCUT2D eigenvalue weighted by atomic mass is 19.4. The minimum atomic E-state index is -4.52. The van der Waals surface area contributed by atoms with Crippen LogP contribution in [0, 0.1) is 6.92 Å². The summed E-state index contributed by atoms with van der Waals surface area (Å²) in [6.45, 7) is 1.51. The van der Waals surface area contributed by atoms with E-state index in [0.717, 1.165) is 22.9 Å². The molecule has 0 aliphatic rings. The van der Waals surface area contributed by atoms with Gasteiger partial charge in [0, 0.05) is 11.8 Å². The number of anilines is 1. The van der Waals surface area contributed by atoms with Gasteiger partial charge in [-0.2, -0.15) is 13.2 Å². The van der Waals surface area contributed by atoms with Crippen molar-refractivity contribution < 1.29 is 22.7 Å². The highest BCUT2D eigenvalue weighted by Gasteiger charge is 2.30. The Morgan fingerprint density at radius 1 is 1.07 bits per heavy atom. The second kappa shape index (κ2) is 7.55. The van der Waals surface area contributed by atoms with Gasteiger partial charge in [-0.25, -0.2) is 9.48 Å². The van der Waals surface area contributed by atoms with Crippen molar-refractivity contribution in [2.45, 2.75) is 13.1 Å². The van der Waals surface area contributed by atoms with Crippen LogP contribution in [0.5, 0.6) is 5.75 Å². The number of aryl methyl sites for hydroxylation is 1. The molecule has 0 atom stereocenters. The van der Waals surface area contributed by atoms with Crippen molar-refractivity contribution in [2.75, 3.05) is 5.32 Å². The van der Waals surface area contributed by atoms with Gasteiger partial charge in [0.2, 0.25) is 11.2 Å². The van der Waals surface area contributed by atoms with Gasteiger partial charge in [0.15, 0.2) is 0 Å². The standard InChI is InChI=1S/C19H14F3N3O3/c1-12-10-16(26)17(23-18(27)28-15-8-3-2-4-9-15)24-25(12)14-7-5-6-13(11-14)19(20,21)22/h2-11H,1H3,(H,23,24,27). The summed E-state index contributed by atoms with van der Waals surface area (Å²) in [6, 6.07) is 13.8. The summed E-state index contributed by atoms with van der Waals surface area (Å²) >= 11 is 0. The normalized spacial score (nSPS) is 11.1. The van der Waals surface area contributed by atoms with Crippen LogP contribution in [-0.4, -0.2) is 15.9 Å². The number of nitrogens with one attached hydrogen (secondary N) is 1. The number of benzene rings is 2. The zero-order chi connectivity index (χ0) is 20.3. The van der Waals surface area contributed by atoms with Crippen LogP contribution in [0.4, 0.5) is 23.8 Å². The van der Waals surface area contributed by atoms with E-state index in [0.29, 0.717) is 5.69 Å². The van der Waals surface area contributed by atoms with Gasteiger partial charge in [-0.05, 0) is 37.3 Å². The van der Waals surface area contributed by atoms with Crippen molar-refractivity contribution in [3.05, 3.63) is 82.1 Å². The Hall–Kier alpha value is -3.62. The molecule has 0 radical (unpaired) electrons. The number of rotatable bonds is 3. The lowest BCUT2D eigenvalue weighted by molar-refractivity contribution is -0.137. The minimum Gasteiger partial charge on any atom is -0.410 e. The lowest BCUT2D eigenvalue weighted by atomic mass is 10.2. The minimum absolute atomic E-state index is 0.0896. The van der Waals surface area contributed by atoms with Gasteiger partial charge in [0.1, 0.15) is 5.75 Å². The molecule has 1 aromatic heterocycles. The van der Waals surface area contributed by atoms with Gasteiger partial charge in [-0.1, -0.05) is 24.3 Å². The highest BCUT2D eigenvalue weighted by Crippen LogP contribution is 2.30. The molecule has 0 fully saturated rings. The number of nitrogens with zero attached hydrogens (tertiary/aromatic N) is 2. The van der Waals surface area contributed by atoms with Crippen molar-refractivity contribution in [1.29, 1.82) is 0 Å². The van der Waals surface area contributed by atoms with E-state index < -0.39 is 23.3 Å². The topological polar surface area (TPSA) is 73.2 Å². The number of halogens is 3. The quantitative estimate of drug-likeness (QED) is 0.730. The molecule has 0 saturated carbocycles. The third-order valence-corrected chi connectivity index (χ3v) is 3.70. The number of aromatic nitrogens is 2. The van der Waals surface area contributed by atoms with Crippen LogP contribution in [-0.2, 0) is 6.18 Å². The first-order valence-electron chi connectivity index (χ1n) is 8.06. The molecular weight excluding hydrogens is 375 g/mol. The molecule has 6 nitrogen and oxygen atoms in total. The fourth-order valence-corrected chi connectivity index (χ4v) is 2.43. The number of ether oxygens (including phenoxy) is 1. The maximum absolute atomic E-state index is 13.0. The molecule has 3 rings (SSSR count). The first kappa shape index (κ1) is 19.2. The lowest BCUT2D eigenvalue weighted by Crippen LogP contribution is -2.25. The molecule has 28 heavy (non-hydrogen) atoms. The van der Waals surface area contributed by atoms with E-state index in [9.17, 15) is 22.8 Å². The largest absolute Gasteiger partial charge is 0.418 e. The Morgan fingerprint density at radius 3 is 2.46 bits per heavy atom. The Balaban J connectivity index is 1.91. The predicted molar refractivity (Wildman–Crippen MR) is 95.7 cm³/mol. The first-order chi connectivity index (χ1) is 13.2. The van der Waals surface area contributed by atoms with Crippen LogP contribution >= 0.6 is 0 Å². The van der Waals surface area contributed by atoms with E-state index in [2.05, 4.69) is 10.4 Å². The Kier molecular flexibility index (Phi) is 5.16. The van der Waals surface area contributed by atoms with Crippen molar-refractivity contribution >= 4 is 11.9 Å². The van der Waals surface area contributed by atoms with Gasteiger partial charge in [-0.3, -0.25) is 10.1 Å². The SMILES string of the molecule is Cc1cc(=O)c(NC(=O)Oc2ccccc2)nn1-c1cccc(C(F)(F)F)c1. The molecule has 0 unspecified atom stereocenters. The van der Waals surface area contributed by atoms with E-state index in [4.69, 9.17) is 4.74 Å². The highest BCUT2D eigenvalue weighted by molar-refractivity contribution is 5.84. The number of para-hydroxylation sites is 1. The van der Waals surface area contributed by atoms with Crippen LogP contribution in [0.1, 0.15) is 11.3 Å². The molecule has 0 aliphatic carbocycles. The van der Waals surface area contributed by atoms with Gasteiger partial charge in [-0.15, -0.1) is 5.10 Å². The average molecular weight is 389 g/mol. The summed E-state index contributed by atoms with van der Waals surface area (Å²) in [7, 11) is 0. The molecule has 0 saturated heterocycles. The molecular formula is C19H14F3N3O3. The second-order valence-electron chi connectivity index (χ2n) is 5.79. The van der Waals surface area contributed by atoms with Gasteiger partial charge in [0.05, 0.1) is 11.3 Å². The third kappa shape index (κ3) is 4.37. The molecule has 1 N–H and O–H groups in total. The Morgan fingerprint density at radius 2 is 1.79 bits per heavy atom. The smallest absolute Gasteiger partial charge is 0.410 e. The average Bonchev–Trinajstić information content (AvgIpc) is 2.64. The third-order valence-electron chi connectivity index (χ3n) is 3.70. The second-order valence-corrected chi connectivity index (χ2v) is 5.79. The van der Waals surface area contributed by atoms with Crippen molar-refractivity contribution in [3.8, 4) is 11.4 Å². The maximum Gasteiger partial charge on any atom is 0.418 e. The van der Waals surface area contributed by atoms with Crippen molar-refractivity contribution in [3.63, 3.8) is 0 Å². The molecule has 9 heteroatoms. The fourth-order valence-electron chi connectivity index (χ4n) is 2.43. The number of hydrogen-bond donors (Lipinski definition) is 1. The van der Waals surface area contributed by atoms with Crippen LogP contribution in [0.25, 0.3) is 5.69 Å². The fraction of sp³-hybridized carbons (Fsp3) is 0.105. The number of alkyl halides is 3. The van der Waals surface area contributed by atoms with Crippen molar-refractivity contribution in [1.82, 2.24) is 9.78 Å². The van der Waals surface area contributed by atoms with E-state index in [1.54, 1.807) is 30.3 Å². The summed E-state index contributed by atoms with van der Waals surface area (Å²) in [5.41, 5.74) is -1.08. The molecule has 3 aromatic rings. The monoisotopic (exact) mass is 389 g/mol. The van der Waals surface area contributed by atoms with Gasteiger partial charge in [0.25, 0.3) is 0 Å². The number of carbonyl (C=O) groups excluding carboxylic acids is 1. The summed E-state index contributed by atoms with van der Waals surface area (Å²) < 4.78 is 45.0. The number of hydrogen-bond acceptors (Lipinski definition) is 4. The molecule has 1 amide bonds. The van der Waals surface area contributed by atoms with Crippen LogP contribution in [0.2, 0.25) is 0 Å². The molecule has 144 valence electrons. The Labute approximate surface area is 157 Å². The first-order valence-corrected chi connectivity index (χ1v) is 8.06. The van der Waals surface area contributed by atoms with Crippen LogP contribution < -0.4 is 15.5 Å². The van der Waals surface area contributed by atoms with E-state index >= 15 is 0 Å². The molecule has 2 aromatic carbocycles. The van der Waals surface area contributed by atoms with Crippen LogP contribution in [0.3, 0.4) is 0 Å². The molecule has 0 spiro atoms. The van der Waals surface area contributed by atoms with E-state index in [1.165, 1.54) is 19.1 Å². The number of carbonyl (C=O) groups is 1. The summed E-state index contributed by atoms with van der Waals surface area (Å²) in [5, 5.41) is 6.18. The maximum atomic E-state index is 13.0. The van der Waals surface area contributed by atoms with E-state index in [-0.39, 0.29) is 17.3 Å². The zero-order valence-corrected chi connectivity index (χ0v) is 14.5. The summed E-state index contributed by atoms with van der Waals surface area (Å²) in [4.78, 5) is 24.1. The Bertz CT molecular complexity index is 1060. The predicted octanol–water partition coefficient (Wildman–Crippen LogP) is 4.17. The molecule has 0 aliphatic heterocycles. The van der Waals surface area contributed by atoms with E-state index in [1.807, 2.05) is 0 Å². The van der Waals surface area contributed by atoms with Gasteiger partial charge >= 0.3 is 12.3 Å². The summed E-state index contributed by atoms with van der Waals surface area (Å²) in [5.74, 6) is -0.116. The zero-order valence-electron chi connectivity index (χ0n) is 14.5. The number of amides is 1.